The molecule has 2 unspecified atom stereocenters. The molecular weight excluding hydrogens is 436 g/mol. The van der Waals surface area contributed by atoms with Crippen molar-refractivity contribution < 1.29 is 28.7 Å². The van der Waals surface area contributed by atoms with E-state index in [1.165, 1.54) is 0 Å². The van der Waals surface area contributed by atoms with Crippen LogP contribution in [0, 0.1) is 11.8 Å². The number of fused-ring (bicyclic) bond motifs is 1. The molecule has 8 nitrogen and oxygen atoms in total. The molecule has 0 bridgehead atoms. The molecule has 34 heavy (non-hydrogen) atoms. The summed E-state index contributed by atoms with van der Waals surface area (Å²) >= 11 is 0. The van der Waals surface area contributed by atoms with E-state index in [2.05, 4.69) is 10.6 Å². The van der Waals surface area contributed by atoms with Crippen LogP contribution in [0.25, 0.3) is 0 Å². The van der Waals surface area contributed by atoms with Gasteiger partial charge in [-0.15, -0.1) is 0 Å². The Morgan fingerprint density at radius 2 is 1.79 bits per heavy atom. The van der Waals surface area contributed by atoms with Crippen LogP contribution in [0.2, 0.25) is 0 Å². The minimum atomic E-state index is -0.876. The Kier molecular flexibility index (Phi) is 8.79. The summed E-state index contributed by atoms with van der Waals surface area (Å²) in [5.41, 5.74) is 1.57. The lowest BCUT2D eigenvalue weighted by atomic mass is 9.86. The highest BCUT2D eigenvalue weighted by molar-refractivity contribution is 6.37. The lowest BCUT2D eigenvalue weighted by Crippen LogP contribution is -2.46. The summed E-state index contributed by atoms with van der Waals surface area (Å²) in [5.74, 6) is -2.23. The number of carbonyl (C=O) groups excluding carboxylic acids is 4. The maximum Gasteiger partial charge on any atom is 0.408 e. The molecule has 0 radical (unpaired) electrons. The van der Waals surface area contributed by atoms with Gasteiger partial charge < -0.3 is 20.1 Å². The molecule has 2 N–H and O–H groups in total. The summed E-state index contributed by atoms with van der Waals surface area (Å²) in [6.45, 7) is 4.09. The van der Waals surface area contributed by atoms with Gasteiger partial charge in [-0.2, -0.15) is 0 Å². The summed E-state index contributed by atoms with van der Waals surface area (Å²) in [7, 11) is 0. The van der Waals surface area contributed by atoms with Gasteiger partial charge in [0.2, 0.25) is 5.78 Å². The third-order valence-electron chi connectivity index (χ3n) is 5.63. The van der Waals surface area contributed by atoms with Crippen molar-refractivity contribution in [2.24, 2.45) is 11.8 Å². The summed E-state index contributed by atoms with van der Waals surface area (Å²) in [5, 5.41) is 5.16. The normalized spacial score (nSPS) is 17.1. The zero-order chi connectivity index (χ0) is 24.5. The van der Waals surface area contributed by atoms with Gasteiger partial charge >= 0.3 is 6.09 Å². The molecule has 180 valence electrons. The quantitative estimate of drug-likeness (QED) is 0.607. The number of rotatable bonds is 7. The highest BCUT2D eigenvalue weighted by Gasteiger charge is 2.33. The molecule has 3 rings (SSSR count). The van der Waals surface area contributed by atoms with Crippen LogP contribution in [0.15, 0.2) is 54.6 Å². The van der Waals surface area contributed by atoms with Crippen LogP contribution in [0.3, 0.4) is 0 Å². The number of ether oxygens (including phenoxy) is 2. The molecule has 2 amide bonds. The van der Waals surface area contributed by atoms with E-state index in [4.69, 9.17) is 9.47 Å². The SMILES string of the molecule is CC(C)C(NC(=O)OCc1ccccc1)C(=O)CC1Cc2ccccc2OCCNC(=O)C1=O. The second-order valence-electron chi connectivity index (χ2n) is 8.58. The number of carbonyl (C=O) groups is 4. The third kappa shape index (κ3) is 6.91. The lowest BCUT2D eigenvalue weighted by molar-refractivity contribution is -0.141. The van der Waals surface area contributed by atoms with Crippen molar-refractivity contribution in [1.29, 1.82) is 0 Å². The molecule has 0 spiro atoms. The predicted octanol–water partition coefficient (Wildman–Crippen LogP) is 2.83. The summed E-state index contributed by atoms with van der Waals surface area (Å²) in [6.07, 6.45) is -0.732. The minimum Gasteiger partial charge on any atom is -0.491 e. The molecule has 1 heterocycles. The van der Waals surface area contributed by atoms with E-state index >= 15 is 0 Å². The van der Waals surface area contributed by atoms with Crippen LogP contribution in [0.1, 0.15) is 31.4 Å². The van der Waals surface area contributed by atoms with E-state index < -0.39 is 29.7 Å². The van der Waals surface area contributed by atoms with Gasteiger partial charge in [0.1, 0.15) is 19.0 Å². The van der Waals surface area contributed by atoms with Crippen LogP contribution < -0.4 is 15.4 Å². The molecule has 8 heteroatoms. The Balaban J connectivity index is 1.70. The molecule has 0 saturated heterocycles. The van der Waals surface area contributed by atoms with Gasteiger partial charge in [-0.3, -0.25) is 14.4 Å². The molecular formula is C26H30N2O6. The Morgan fingerprint density at radius 1 is 1.09 bits per heavy atom. The molecule has 1 aliphatic heterocycles. The minimum absolute atomic E-state index is 0.0732. The van der Waals surface area contributed by atoms with Gasteiger partial charge in [-0.1, -0.05) is 62.4 Å². The number of ketones is 2. The fourth-order valence-electron chi connectivity index (χ4n) is 3.81. The number of nitrogens with one attached hydrogen (secondary N) is 2. The Morgan fingerprint density at radius 3 is 2.53 bits per heavy atom. The molecule has 0 fully saturated rings. The van der Waals surface area contributed by atoms with Gasteiger partial charge in [-0.25, -0.2) is 4.79 Å². The number of amides is 2. The summed E-state index contributed by atoms with van der Waals surface area (Å²) in [4.78, 5) is 50.7. The first-order valence-electron chi connectivity index (χ1n) is 11.4. The Bertz CT molecular complexity index is 1020. The number of alkyl carbamates (subject to hydrolysis) is 1. The number of hydrogen-bond acceptors (Lipinski definition) is 6. The maximum atomic E-state index is 13.2. The zero-order valence-corrected chi connectivity index (χ0v) is 19.4. The number of para-hydroxylation sites is 1. The molecule has 0 saturated carbocycles. The number of benzene rings is 2. The summed E-state index contributed by atoms with van der Waals surface area (Å²) < 4.78 is 11.0. The second kappa shape index (κ2) is 12.0. The van der Waals surface area contributed by atoms with E-state index in [0.29, 0.717) is 5.75 Å². The van der Waals surface area contributed by atoms with E-state index in [0.717, 1.165) is 11.1 Å². The molecule has 2 aromatic carbocycles. The zero-order valence-electron chi connectivity index (χ0n) is 19.4. The van der Waals surface area contributed by atoms with Crippen molar-refractivity contribution in [2.75, 3.05) is 13.2 Å². The van der Waals surface area contributed by atoms with Gasteiger partial charge in [0.15, 0.2) is 5.78 Å². The largest absolute Gasteiger partial charge is 0.491 e. The van der Waals surface area contributed by atoms with Gasteiger partial charge in [0, 0.05) is 12.3 Å². The Labute approximate surface area is 199 Å². The Hall–Kier alpha value is -3.68. The van der Waals surface area contributed by atoms with E-state index in [-0.39, 0.29) is 44.3 Å². The van der Waals surface area contributed by atoms with Crippen LogP contribution >= 0.6 is 0 Å². The first-order chi connectivity index (χ1) is 16.3. The third-order valence-corrected chi connectivity index (χ3v) is 5.63. The molecule has 2 atom stereocenters. The first-order valence-corrected chi connectivity index (χ1v) is 11.4. The van der Waals surface area contributed by atoms with Crippen LogP contribution in [0.4, 0.5) is 4.79 Å². The smallest absolute Gasteiger partial charge is 0.408 e. The predicted molar refractivity (Wildman–Crippen MR) is 125 cm³/mol. The fourth-order valence-corrected chi connectivity index (χ4v) is 3.81. The van der Waals surface area contributed by atoms with E-state index in [1.54, 1.807) is 19.9 Å². The molecule has 0 aliphatic carbocycles. The average Bonchev–Trinajstić information content (AvgIpc) is 2.83. The van der Waals surface area contributed by atoms with Gasteiger partial charge in [0.05, 0.1) is 12.6 Å². The van der Waals surface area contributed by atoms with Crippen molar-refractivity contribution in [3.63, 3.8) is 0 Å². The highest BCUT2D eigenvalue weighted by Crippen LogP contribution is 2.25. The van der Waals surface area contributed by atoms with Crippen molar-refractivity contribution in [3.05, 3.63) is 65.7 Å². The number of Topliss-reactive ketones (excluding diaryl/α,β-unsaturated/α-hetero) is 2. The topological polar surface area (TPSA) is 111 Å². The molecule has 0 aromatic heterocycles. The highest BCUT2D eigenvalue weighted by atomic mass is 16.5. The maximum absolute atomic E-state index is 13.2. The number of hydrogen-bond donors (Lipinski definition) is 2. The van der Waals surface area contributed by atoms with Crippen molar-refractivity contribution in [1.82, 2.24) is 10.6 Å². The van der Waals surface area contributed by atoms with Gasteiger partial charge in [0.25, 0.3) is 5.91 Å². The molecule has 2 aromatic rings. The van der Waals surface area contributed by atoms with Crippen LogP contribution in [-0.4, -0.2) is 42.8 Å². The second-order valence-corrected chi connectivity index (χ2v) is 8.58. The first kappa shape index (κ1) is 25.0. The standard InChI is InChI=1S/C26H30N2O6/c1-17(2)23(28-26(32)34-16-18-8-4-3-5-9-18)21(29)15-20-14-19-10-6-7-11-22(19)33-13-12-27-25(31)24(20)30/h3-11,17,20,23H,12-16H2,1-2H3,(H,27,31)(H,28,32). The van der Waals surface area contributed by atoms with Crippen LogP contribution in [0.5, 0.6) is 5.75 Å². The average molecular weight is 467 g/mol. The van der Waals surface area contributed by atoms with Gasteiger partial charge in [-0.05, 0) is 29.5 Å². The van der Waals surface area contributed by atoms with Crippen LogP contribution in [-0.2, 0) is 32.1 Å². The van der Waals surface area contributed by atoms with Crippen molar-refractivity contribution >= 4 is 23.6 Å². The summed E-state index contributed by atoms with van der Waals surface area (Å²) in [6, 6.07) is 15.6. The van der Waals surface area contributed by atoms with Crippen molar-refractivity contribution in [2.45, 2.75) is 39.3 Å². The van der Waals surface area contributed by atoms with E-state index in [9.17, 15) is 19.2 Å². The molecule has 1 aliphatic rings. The fraction of sp³-hybridized carbons (Fsp3) is 0.385. The van der Waals surface area contributed by atoms with E-state index in [1.807, 2.05) is 48.5 Å². The monoisotopic (exact) mass is 466 g/mol. The lowest BCUT2D eigenvalue weighted by Gasteiger charge is -2.24. The van der Waals surface area contributed by atoms with Crippen molar-refractivity contribution in [3.8, 4) is 5.75 Å².